The Morgan fingerprint density at radius 2 is 2.08 bits per heavy atom. The Kier molecular flexibility index (Phi) is 6.20. The molecule has 1 aromatic carbocycles. The van der Waals surface area contributed by atoms with Gasteiger partial charge in [0.15, 0.2) is 0 Å². The van der Waals surface area contributed by atoms with E-state index in [1.54, 1.807) is 12.1 Å². The molecule has 1 N–H and O–H groups in total. The van der Waals surface area contributed by atoms with Gasteiger partial charge in [-0.05, 0) is 18.2 Å². The van der Waals surface area contributed by atoms with E-state index in [2.05, 4.69) is 10.3 Å². The van der Waals surface area contributed by atoms with Gasteiger partial charge in [0.25, 0.3) is 11.6 Å². The minimum absolute atomic E-state index is 0.0382. The molecular weight excluding hydrogens is 342 g/mol. The molecule has 0 aliphatic heterocycles. The second-order valence-corrected chi connectivity index (χ2v) is 5.25. The van der Waals surface area contributed by atoms with E-state index in [0.29, 0.717) is 11.3 Å². The van der Waals surface area contributed by atoms with Gasteiger partial charge in [0.2, 0.25) is 0 Å². The van der Waals surface area contributed by atoms with Crippen molar-refractivity contribution in [1.82, 2.24) is 10.3 Å². The number of esters is 1. The molecule has 1 amide bonds. The zero-order valence-electron chi connectivity index (χ0n) is 14.2. The van der Waals surface area contributed by atoms with Crippen LogP contribution in [-0.2, 0) is 16.0 Å². The van der Waals surface area contributed by atoms with Crippen LogP contribution in [0.4, 0.5) is 5.69 Å². The highest BCUT2D eigenvalue weighted by molar-refractivity contribution is 5.96. The zero-order chi connectivity index (χ0) is 19.1. The van der Waals surface area contributed by atoms with Crippen LogP contribution in [0.5, 0.6) is 5.75 Å². The first-order valence-corrected chi connectivity index (χ1v) is 7.56. The second kappa shape index (κ2) is 8.56. The number of pyridine rings is 1. The molecule has 0 unspecified atom stereocenters. The molecule has 1 atom stereocenters. The molecule has 0 saturated heterocycles. The van der Waals surface area contributed by atoms with Crippen molar-refractivity contribution < 1.29 is 24.0 Å². The Morgan fingerprint density at radius 3 is 2.65 bits per heavy atom. The monoisotopic (exact) mass is 359 g/mol. The number of carbonyl (C=O) groups is 2. The van der Waals surface area contributed by atoms with Gasteiger partial charge in [-0.25, -0.2) is 4.79 Å². The van der Waals surface area contributed by atoms with Crippen molar-refractivity contribution in [1.29, 1.82) is 0 Å². The van der Waals surface area contributed by atoms with Gasteiger partial charge < -0.3 is 14.8 Å². The van der Waals surface area contributed by atoms with Gasteiger partial charge >= 0.3 is 5.97 Å². The van der Waals surface area contributed by atoms with Crippen molar-refractivity contribution in [2.24, 2.45) is 0 Å². The van der Waals surface area contributed by atoms with Crippen LogP contribution in [0.3, 0.4) is 0 Å². The van der Waals surface area contributed by atoms with Crippen LogP contribution < -0.4 is 10.1 Å². The number of benzene rings is 1. The van der Waals surface area contributed by atoms with Crippen LogP contribution in [0.2, 0.25) is 0 Å². The molecule has 0 bridgehead atoms. The van der Waals surface area contributed by atoms with Gasteiger partial charge in [-0.3, -0.25) is 19.9 Å². The number of nitrogens with zero attached hydrogens (tertiary/aromatic N) is 2. The third-order valence-electron chi connectivity index (χ3n) is 3.61. The number of nitro benzene ring substituents is 1. The Hall–Kier alpha value is -3.49. The van der Waals surface area contributed by atoms with Gasteiger partial charge in [-0.15, -0.1) is 0 Å². The lowest BCUT2D eigenvalue weighted by Gasteiger charge is -2.18. The Balaban J connectivity index is 2.28. The molecule has 0 saturated carbocycles. The van der Waals surface area contributed by atoms with E-state index in [0.717, 1.165) is 0 Å². The highest BCUT2D eigenvalue weighted by atomic mass is 16.6. The number of ether oxygens (including phenoxy) is 2. The number of nitrogens with one attached hydrogen (secondary N) is 1. The summed E-state index contributed by atoms with van der Waals surface area (Å²) in [5.74, 6) is -0.839. The Labute approximate surface area is 149 Å². The van der Waals surface area contributed by atoms with E-state index in [9.17, 15) is 19.7 Å². The van der Waals surface area contributed by atoms with Crippen LogP contribution in [0, 0.1) is 10.1 Å². The summed E-state index contributed by atoms with van der Waals surface area (Å²) in [5.41, 5.74) is 0.513. The van der Waals surface area contributed by atoms with E-state index >= 15 is 0 Å². The van der Waals surface area contributed by atoms with Crippen LogP contribution in [0.25, 0.3) is 0 Å². The molecule has 26 heavy (non-hydrogen) atoms. The van der Waals surface area contributed by atoms with Crippen molar-refractivity contribution >= 4 is 17.6 Å². The number of methoxy groups -OCH3 is 2. The Bertz CT molecular complexity index is 809. The molecule has 136 valence electrons. The normalized spacial score (nSPS) is 11.3. The quantitative estimate of drug-likeness (QED) is 0.452. The third-order valence-corrected chi connectivity index (χ3v) is 3.61. The molecule has 1 heterocycles. The summed E-state index contributed by atoms with van der Waals surface area (Å²) in [7, 11) is 2.60. The molecular formula is C17H17N3O6. The summed E-state index contributed by atoms with van der Waals surface area (Å²) in [6, 6.07) is 6.11. The zero-order valence-corrected chi connectivity index (χ0v) is 14.2. The number of aromatic nitrogens is 1. The van der Waals surface area contributed by atoms with Gasteiger partial charge in [0.05, 0.1) is 24.7 Å². The first-order valence-electron chi connectivity index (χ1n) is 7.56. The van der Waals surface area contributed by atoms with Crippen molar-refractivity contribution in [2.45, 2.75) is 12.5 Å². The number of amides is 1. The lowest BCUT2D eigenvalue weighted by atomic mass is 10.0. The highest BCUT2D eigenvalue weighted by Crippen LogP contribution is 2.25. The van der Waals surface area contributed by atoms with Crippen molar-refractivity contribution in [2.75, 3.05) is 14.2 Å². The summed E-state index contributed by atoms with van der Waals surface area (Å²) < 4.78 is 9.92. The average Bonchev–Trinajstić information content (AvgIpc) is 2.67. The summed E-state index contributed by atoms with van der Waals surface area (Å²) in [6.07, 6.45) is 2.84. The average molecular weight is 359 g/mol. The van der Waals surface area contributed by atoms with E-state index in [4.69, 9.17) is 9.47 Å². The number of rotatable bonds is 7. The summed E-state index contributed by atoms with van der Waals surface area (Å²) in [5, 5.41) is 13.5. The minimum Gasteiger partial charge on any atom is -0.496 e. The third kappa shape index (κ3) is 4.53. The van der Waals surface area contributed by atoms with Crippen molar-refractivity contribution in [3.05, 3.63) is 64.0 Å². The minimum atomic E-state index is -1.05. The fraction of sp³-hybridized carbons (Fsp3) is 0.235. The van der Waals surface area contributed by atoms with Crippen LogP contribution in [0.15, 0.2) is 42.7 Å². The molecule has 0 fully saturated rings. The SMILES string of the molecule is COC(=O)[C@@H](Cc1cc([N+](=O)[O-])ccc1OC)NC(=O)c1cccnc1. The fourth-order valence-electron chi connectivity index (χ4n) is 2.33. The van der Waals surface area contributed by atoms with E-state index in [-0.39, 0.29) is 17.7 Å². The van der Waals surface area contributed by atoms with Gasteiger partial charge in [-0.2, -0.15) is 0 Å². The van der Waals surface area contributed by atoms with Crippen LogP contribution in [0.1, 0.15) is 15.9 Å². The predicted molar refractivity (Wildman–Crippen MR) is 90.9 cm³/mol. The van der Waals surface area contributed by atoms with E-state index in [1.165, 1.54) is 44.8 Å². The molecule has 9 nitrogen and oxygen atoms in total. The maximum absolute atomic E-state index is 12.3. The highest BCUT2D eigenvalue weighted by Gasteiger charge is 2.25. The molecule has 2 aromatic rings. The molecule has 0 spiro atoms. The summed E-state index contributed by atoms with van der Waals surface area (Å²) >= 11 is 0. The van der Waals surface area contributed by atoms with Crippen molar-refractivity contribution in [3.8, 4) is 5.75 Å². The van der Waals surface area contributed by atoms with Gasteiger partial charge in [0, 0.05) is 36.5 Å². The van der Waals surface area contributed by atoms with E-state index in [1.807, 2.05) is 0 Å². The van der Waals surface area contributed by atoms with Crippen LogP contribution in [-0.4, -0.2) is 42.0 Å². The fourth-order valence-corrected chi connectivity index (χ4v) is 2.33. The smallest absolute Gasteiger partial charge is 0.328 e. The second-order valence-electron chi connectivity index (χ2n) is 5.25. The van der Waals surface area contributed by atoms with Crippen molar-refractivity contribution in [3.63, 3.8) is 0 Å². The summed E-state index contributed by atoms with van der Waals surface area (Å²) in [6.45, 7) is 0. The Morgan fingerprint density at radius 1 is 1.31 bits per heavy atom. The molecule has 1 aromatic heterocycles. The standard InChI is InChI=1S/C17H17N3O6/c1-25-15-6-5-13(20(23)24)8-12(15)9-14(17(22)26-2)19-16(21)11-4-3-7-18-10-11/h3-8,10,14H,9H2,1-2H3,(H,19,21)/t14-/m1/s1. The number of carbonyl (C=O) groups excluding carboxylic acids is 2. The predicted octanol–water partition coefficient (Wildman–Crippen LogP) is 1.51. The molecule has 0 aliphatic carbocycles. The van der Waals surface area contributed by atoms with E-state index < -0.39 is 22.8 Å². The van der Waals surface area contributed by atoms with Gasteiger partial charge in [-0.1, -0.05) is 0 Å². The topological polar surface area (TPSA) is 121 Å². The number of nitro groups is 1. The largest absolute Gasteiger partial charge is 0.496 e. The first-order chi connectivity index (χ1) is 12.5. The maximum atomic E-state index is 12.3. The number of non-ortho nitro benzene ring substituents is 1. The first kappa shape index (κ1) is 18.8. The lowest BCUT2D eigenvalue weighted by molar-refractivity contribution is -0.384. The lowest BCUT2D eigenvalue weighted by Crippen LogP contribution is -2.43. The number of hydrogen-bond acceptors (Lipinski definition) is 7. The molecule has 0 aliphatic rings. The molecule has 2 rings (SSSR count). The molecule has 0 radical (unpaired) electrons. The van der Waals surface area contributed by atoms with Gasteiger partial charge in [0.1, 0.15) is 11.8 Å². The molecule has 9 heteroatoms. The maximum Gasteiger partial charge on any atom is 0.328 e. The summed E-state index contributed by atoms with van der Waals surface area (Å²) in [4.78, 5) is 38.7. The van der Waals surface area contributed by atoms with Crippen LogP contribution >= 0.6 is 0 Å². The number of hydrogen-bond donors (Lipinski definition) is 1.